The number of amides is 2. The average Bonchev–Trinajstić information content (AvgIpc) is 3.20. The van der Waals surface area contributed by atoms with Crippen LogP contribution in [-0.4, -0.2) is 36.5 Å². The molecule has 5 N–H and O–H groups in total. The summed E-state index contributed by atoms with van der Waals surface area (Å²) in [5.74, 6) is -2.58. The second-order valence-corrected chi connectivity index (χ2v) is 8.98. The number of phenols is 1. The summed E-state index contributed by atoms with van der Waals surface area (Å²) in [6.45, 7) is 4.11. The maximum absolute atomic E-state index is 14.1. The van der Waals surface area contributed by atoms with E-state index in [-0.39, 0.29) is 27.8 Å². The minimum Gasteiger partial charge on any atom is -0.506 e. The van der Waals surface area contributed by atoms with Crippen LogP contribution >= 0.6 is 12.6 Å². The first-order valence-corrected chi connectivity index (χ1v) is 12.5. The number of halogens is 2. The Morgan fingerprint density at radius 1 is 1.15 bits per heavy atom. The van der Waals surface area contributed by atoms with E-state index >= 15 is 0 Å². The smallest absolute Gasteiger partial charge is 0.281 e. The Hall–Kier alpha value is -4.51. The molecule has 210 valence electrons. The third-order valence-electron chi connectivity index (χ3n) is 5.77. The van der Waals surface area contributed by atoms with Gasteiger partial charge in [0.25, 0.3) is 11.8 Å². The van der Waals surface area contributed by atoms with Gasteiger partial charge in [-0.05, 0) is 60.4 Å². The first kappa shape index (κ1) is 31.7. The molecule has 1 aliphatic rings. The molecule has 3 aromatic rings. The number of hydrogen-bond donors (Lipinski definition) is 5. The zero-order valence-corrected chi connectivity index (χ0v) is 22.9. The quantitative estimate of drug-likeness (QED) is 0.121. The largest absolute Gasteiger partial charge is 0.506 e. The molecule has 0 radical (unpaired) electrons. The van der Waals surface area contributed by atoms with Crippen LogP contribution < -0.4 is 16.0 Å². The van der Waals surface area contributed by atoms with Gasteiger partial charge in [-0.1, -0.05) is 31.5 Å². The fraction of sp³-hybridized carbons (Fsp3) is 0.172. The van der Waals surface area contributed by atoms with Crippen LogP contribution in [0, 0.1) is 17.0 Å². The molecule has 0 unspecified atom stereocenters. The van der Waals surface area contributed by atoms with E-state index in [2.05, 4.69) is 24.9 Å². The van der Waals surface area contributed by atoms with Crippen LogP contribution in [0.3, 0.4) is 0 Å². The summed E-state index contributed by atoms with van der Waals surface area (Å²) in [5, 5.41) is 19.6. The molecule has 40 heavy (non-hydrogen) atoms. The van der Waals surface area contributed by atoms with Crippen molar-refractivity contribution in [3.63, 3.8) is 0 Å². The number of thiol groups is 1. The van der Waals surface area contributed by atoms with E-state index in [1.807, 2.05) is 18.9 Å². The number of unbranched alkanes of at least 4 members (excludes halogenated alkanes) is 1. The summed E-state index contributed by atoms with van der Waals surface area (Å²) >= 11 is 4.01. The van der Waals surface area contributed by atoms with Crippen LogP contribution in [-0.2, 0) is 20.8 Å². The Morgan fingerprint density at radius 2 is 1.80 bits per heavy atom. The average molecular weight is 569 g/mol. The normalized spacial score (nSPS) is 12.1. The van der Waals surface area contributed by atoms with Gasteiger partial charge in [0.1, 0.15) is 24.1 Å². The van der Waals surface area contributed by atoms with Crippen LogP contribution in [0.1, 0.15) is 36.5 Å². The second-order valence-electron chi connectivity index (χ2n) is 8.50. The van der Waals surface area contributed by atoms with E-state index in [0.29, 0.717) is 16.9 Å². The number of aromatic hydroxyl groups is 1. The molecule has 1 aliphatic heterocycles. The first-order chi connectivity index (χ1) is 19.1. The fourth-order valence-corrected chi connectivity index (χ4v) is 4.01. The number of fused-ring (bicyclic) bond motifs is 1. The number of benzene rings is 3. The van der Waals surface area contributed by atoms with E-state index in [4.69, 9.17) is 15.9 Å². The number of nitrogens with two attached hydrogens (primary N) is 1. The third-order valence-corrected chi connectivity index (χ3v) is 6.10. The van der Waals surface area contributed by atoms with Gasteiger partial charge in [-0.3, -0.25) is 19.9 Å². The molecule has 0 bridgehead atoms. The first-order valence-electron chi connectivity index (χ1n) is 12.1. The number of hydrogen-bond acceptors (Lipinski definition) is 7. The monoisotopic (exact) mass is 568 g/mol. The Balaban J connectivity index is 0.000000287. The van der Waals surface area contributed by atoms with Gasteiger partial charge in [0.05, 0.1) is 16.3 Å². The lowest BCUT2D eigenvalue weighted by atomic mass is 10.1. The number of likely N-dealkylation sites (N-methyl/N-ethyl adjacent to an activating group) is 1. The van der Waals surface area contributed by atoms with Crippen molar-refractivity contribution in [2.75, 3.05) is 17.7 Å². The predicted molar refractivity (Wildman–Crippen MR) is 156 cm³/mol. The van der Waals surface area contributed by atoms with E-state index in [0.717, 1.165) is 41.9 Å². The zero-order chi connectivity index (χ0) is 30.0. The Morgan fingerprint density at radius 3 is 2.38 bits per heavy atom. The Kier molecular flexibility index (Phi) is 11.6. The molecule has 0 aromatic heterocycles. The number of carbonyl (C=O) groups excluding carboxylic acids is 3. The molecule has 0 saturated heterocycles. The SMILES string of the molecule is C=O.CCCCc1ccc(N2C(=O)C(=N)c3cc(F)cc(F)c32)cc1.CNC(=O)/C(S)=C/c1ccc(N)c(O)c1. The summed E-state index contributed by atoms with van der Waals surface area (Å²) in [4.78, 5) is 32.8. The van der Waals surface area contributed by atoms with Gasteiger partial charge in [-0.15, -0.1) is 12.6 Å². The number of nitrogen functional groups attached to an aromatic ring is 1. The van der Waals surface area contributed by atoms with Crippen molar-refractivity contribution >= 4 is 60.1 Å². The third kappa shape index (κ3) is 7.54. The topological polar surface area (TPSA) is 137 Å². The van der Waals surface area contributed by atoms with Gasteiger partial charge in [-0.25, -0.2) is 8.78 Å². The van der Waals surface area contributed by atoms with Gasteiger partial charge in [0.2, 0.25) is 0 Å². The molecular weight excluding hydrogens is 538 g/mol. The molecule has 1 heterocycles. The van der Waals surface area contributed by atoms with Crippen LogP contribution in [0.4, 0.5) is 25.8 Å². The van der Waals surface area contributed by atoms with Crippen LogP contribution in [0.5, 0.6) is 5.75 Å². The Labute approximate surface area is 236 Å². The lowest BCUT2D eigenvalue weighted by Gasteiger charge is -2.18. The molecule has 11 heteroatoms. The van der Waals surface area contributed by atoms with Gasteiger partial charge in [0, 0.05) is 24.4 Å². The van der Waals surface area contributed by atoms with Crippen LogP contribution in [0.2, 0.25) is 0 Å². The van der Waals surface area contributed by atoms with Crippen molar-refractivity contribution in [2.45, 2.75) is 26.2 Å². The Bertz CT molecular complexity index is 1430. The highest BCUT2D eigenvalue weighted by atomic mass is 32.1. The number of aryl methyl sites for hydroxylation is 1. The van der Waals surface area contributed by atoms with Gasteiger partial charge in [0.15, 0.2) is 5.82 Å². The molecule has 2 amide bonds. The molecule has 0 spiro atoms. The fourth-order valence-electron chi connectivity index (χ4n) is 3.75. The minimum absolute atomic E-state index is 0.0115. The van der Waals surface area contributed by atoms with Crippen molar-refractivity contribution in [3.8, 4) is 5.75 Å². The lowest BCUT2D eigenvalue weighted by molar-refractivity contribution is -0.116. The van der Waals surface area contributed by atoms with E-state index < -0.39 is 23.3 Å². The predicted octanol–water partition coefficient (Wildman–Crippen LogP) is 5.16. The maximum atomic E-state index is 14.1. The van der Waals surface area contributed by atoms with E-state index in [9.17, 15) is 23.5 Å². The standard InChI is InChI=1S/C18H16F2N2O.C10H12N2O2S.CH2O/c1-2-3-4-11-5-7-13(8-6-11)22-17-14(16(21)18(22)23)9-12(19)10-15(17)20;1-12-10(14)9(15)5-6-2-3-7(11)8(13)4-6;1-2/h5-10,21H,2-4H2,1H3;2-5,13,15H,11H2,1H3,(H,12,14);1H2/b;9-5-;. The van der Waals surface area contributed by atoms with Crippen molar-refractivity contribution in [2.24, 2.45) is 0 Å². The molecule has 0 saturated carbocycles. The zero-order valence-electron chi connectivity index (χ0n) is 22.0. The molecular formula is C29H30F2N4O4S. The molecule has 4 rings (SSSR count). The van der Waals surface area contributed by atoms with Gasteiger partial charge in [-0.2, -0.15) is 0 Å². The van der Waals surface area contributed by atoms with Crippen LogP contribution in [0.15, 0.2) is 59.5 Å². The highest BCUT2D eigenvalue weighted by Crippen LogP contribution is 2.38. The molecule has 8 nitrogen and oxygen atoms in total. The summed E-state index contributed by atoms with van der Waals surface area (Å²) in [5.41, 5.74) is 7.55. The summed E-state index contributed by atoms with van der Waals surface area (Å²) in [6.07, 6.45) is 4.65. The number of carbonyl (C=O) groups is 3. The lowest BCUT2D eigenvalue weighted by Crippen LogP contribution is -2.25. The molecule has 0 atom stereocenters. The summed E-state index contributed by atoms with van der Waals surface area (Å²) in [6, 6.07) is 13.7. The summed E-state index contributed by atoms with van der Waals surface area (Å²) in [7, 11) is 1.52. The highest BCUT2D eigenvalue weighted by Gasteiger charge is 2.37. The van der Waals surface area contributed by atoms with Crippen molar-refractivity contribution in [3.05, 3.63) is 87.8 Å². The van der Waals surface area contributed by atoms with Gasteiger partial charge < -0.3 is 21.0 Å². The van der Waals surface area contributed by atoms with Crippen molar-refractivity contribution < 1.29 is 28.3 Å². The van der Waals surface area contributed by atoms with E-state index in [1.165, 1.54) is 13.1 Å². The second kappa shape index (κ2) is 14.6. The summed E-state index contributed by atoms with van der Waals surface area (Å²) < 4.78 is 27.5. The number of phenolic OH excluding ortho intramolecular Hbond substituents is 1. The number of nitrogens with one attached hydrogen (secondary N) is 2. The maximum Gasteiger partial charge on any atom is 0.281 e. The molecule has 0 fully saturated rings. The number of anilines is 3. The number of rotatable bonds is 6. The van der Waals surface area contributed by atoms with E-state index in [1.54, 1.807) is 30.3 Å². The molecule has 3 aromatic carbocycles. The minimum atomic E-state index is -0.842. The molecule has 0 aliphatic carbocycles. The highest BCUT2D eigenvalue weighted by molar-refractivity contribution is 7.85. The van der Waals surface area contributed by atoms with Crippen molar-refractivity contribution in [1.29, 1.82) is 5.41 Å². The van der Waals surface area contributed by atoms with Crippen molar-refractivity contribution in [1.82, 2.24) is 5.32 Å². The number of nitrogens with zero attached hydrogens (tertiary/aromatic N) is 1. The van der Waals surface area contributed by atoms with Gasteiger partial charge >= 0.3 is 0 Å². The van der Waals surface area contributed by atoms with Crippen LogP contribution in [0.25, 0.3) is 6.08 Å².